The van der Waals surface area contributed by atoms with Crippen molar-refractivity contribution in [3.63, 3.8) is 0 Å². The summed E-state index contributed by atoms with van der Waals surface area (Å²) in [7, 11) is 1.74. The molecule has 0 aromatic heterocycles. The van der Waals surface area contributed by atoms with E-state index in [0.717, 1.165) is 23.8 Å². The molecule has 0 bridgehead atoms. The highest BCUT2D eigenvalue weighted by molar-refractivity contribution is 5.32. The first kappa shape index (κ1) is 13.9. The Morgan fingerprint density at radius 3 is 2.65 bits per heavy atom. The Balaban J connectivity index is 1.49. The van der Waals surface area contributed by atoms with Crippen LogP contribution in [0.4, 0.5) is 0 Å². The van der Waals surface area contributed by atoms with E-state index in [1.807, 2.05) is 6.07 Å². The van der Waals surface area contributed by atoms with Gasteiger partial charge in [-0.1, -0.05) is 26.0 Å². The van der Waals surface area contributed by atoms with Gasteiger partial charge in [0.05, 0.1) is 7.11 Å². The number of hydrogen-bond acceptors (Lipinski definition) is 2. The van der Waals surface area contributed by atoms with Crippen LogP contribution in [-0.2, 0) is 0 Å². The number of ether oxygens (including phenoxy) is 1. The molecule has 0 spiro atoms. The minimum atomic E-state index is 0.549. The van der Waals surface area contributed by atoms with Crippen LogP contribution in [-0.4, -0.2) is 19.2 Å². The van der Waals surface area contributed by atoms with Gasteiger partial charge in [-0.3, -0.25) is 0 Å². The number of rotatable bonds is 4. The maximum absolute atomic E-state index is 5.32. The molecular weight excluding hydrogens is 246 g/mol. The SMILES string of the molecule is COc1cccc(C2CC(NC3CCC(C)(C)C3)C2)c1. The number of methoxy groups -OCH3 is 1. The molecule has 2 aliphatic carbocycles. The van der Waals surface area contributed by atoms with Crippen LogP contribution in [0.1, 0.15) is 57.4 Å². The molecule has 1 N–H and O–H groups in total. The van der Waals surface area contributed by atoms with Crippen LogP contribution in [0, 0.1) is 5.41 Å². The maximum atomic E-state index is 5.32. The summed E-state index contributed by atoms with van der Waals surface area (Å²) in [6, 6.07) is 10.0. The van der Waals surface area contributed by atoms with E-state index in [1.54, 1.807) is 7.11 Å². The second-order valence-electron chi connectivity index (χ2n) is 7.41. The van der Waals surface area contributed by atoms with Gasteiger partial charge in [-0.05, 0) is 61.1 Å². The Hall–Kier alpha value is -1.02. The normalized spacial score (nSPS) is 31.9. The summed E-state index contributed by atoms with van der Waals surface area (Å²) in [4.78, 5) is 0. The summed E-state index contributed by atoms with van der Waals surface area (Å²) >= 11 is 0. The molecule has 2 fully saturated rings. The number of nitrogens with one attached hydrogen (secondary N) is 1. The van der Waals surface area contributed by atoms with Crippen LogP contribution >= 0.6 is 0 Å². The molecule has 0 saturated heterocycles. The van der Waals surface area contributed by atoms with Crippen molar-refractivity contribution in [1.82, 2.24) is 5.32 Å². The summed E-state index contributed by atoms with van der Waals surface area (Å²) < 4.78 is 5.32. The third-order valence-corrected chi connectivity index (χ3v) is 5.14. The predicted octanol–water partition coefficient (Wildman–Crippen LogP) is 4.11. The molecule has 2 nitrogen and oxygen atoms in total. The van der Waals surface area contributed by atoms with Gasteiger partial charge in [0.25, 0.3) is 0 Å². The molecule has 0 amide bonds. The van der Waals surface area contributed by atoms with E-state index in [4.69, 9.17) is 4.74 Å². The van der Waals surface area contributed by atoms with Crippen molar-refractivity contribution in [2.45, 2.75) is 64.0 Å². The van der Waals surface area contributed by atoms with Gasteiger partial charge >= 0.3 is 0 Å². The molecule has 1 atom stereocenters. The third-order valence-electron chi connectivity index (χ3n) is 5.14. The van der Waals surface area contributed by atoms with Gasteiger partial charge in [-0.25, -0.2) is 0 Å². The van der Waals surface area contributed by atoms with Crippen molar-refractivity contribution in [2.24, 2.45) is 5.41 Å². The molecule has 2 saturated carbocycles. The first-order valence-electron chi connectivity index (χ1n) is 7.96. The zero-order valence-electron chi connectivity index (χ0n) is 13.0. The topological polar surface area (TPSA) is 21.3 Å². The van der Waals surface area contributed by atoms with E-state index < -0.39 is 0 Å². The lowest BCUT2D eigenvalue weighted by molar-refractivity contribution is 0.256. The molecule has 2 aliphatic rings. The van der Waals surface area contributed by atoms with Crippen LogP contribution < -0.4 is 10.1 Å². The minimum Gasteiger partial charge on any atom is -0.497 e. The van der Waals surface area contributed by atoms with E-state index in [2.05, 4.69) is 37.4 Å². The summed E-state index contributed by atoms with van der Waals surface area (Å²) in [6.07, 6.45) is 6.63. The lowest BCUT2D eigenvalue weighted by Gasteiger charge is -2.38. The Kier molecular flexibility index (Phi) is 3.76. The molecule has 3 rings (SSSR count). The standard InChI is InChI=1S/C18H27NO/c1-18(2)8-7-15(12-18)19-16-9-14(10-16)13-5-4-6-17(11-13)20-3/h4-6,11,14-16,19H,7-10,12H2,1-3H3. The van der Waals surface area contributed by atoms with E-state index in [-0.39, 0.29) is 0 Å². The molecular formula is C18H27NO. The Bertz CT molecular complexity index is 462. The van der Waals surface area contributed by atoms with Crippen molar-refractivity contribution in [1.29, 1.82) is 0 Å². The molecule has 1 aromatic rings. The molecule has 20 heavy (non-hydrogen) atoms. The van der Waals surface area contributed by atoms with Gasteiger partial charge in [-0.15, -0.1) is 0 Å². The highest BCUT2D eigenvalue weighted by Crippen LogP contribution is 2.41. The fraction of sp³-hybridized carbons (Fsp3) is 0.667. The minimum absolute atomic E-state index is 0.549. The van der Waals surface area contributed by atoms with Gasteiger partial charge in [-0.2, -0.15) is 0 Å². The maximum Gasteiger partial charge on any atom is 0.119 e. The lowest BCUT2D eigenvalue weighted by Crippen LogP contribution is -2.44. The molecule has 0 heterocycles. The van der Waals surface area contributed by atoms with Crippen LogP contribution in [0.5, 0.6) is 5.75 Å². The summed E-state index contributed by atoms with van der Waals surface area (Å²) in [5.41, 5.74) is 1.99. The molecule has 1 unspecified atom stereocenters. The molecule has 1 aromatic carbocycles. The Labute approximate surface area is 122 Å². The molecule has 0 radical (unpaired) electrons. The fourth-order valence-corrected chi connectivity index (χ4v) is 3.83. The van der Waals surface area contributed by atoms with Gasteiger partial charge in [0.2, 0.25) is 0 Å². The van der Waals surface area contributed by atoms with Crippen LogP contribution in [0.15, 0.2) is 24.3 Å². The van der Waals surface area contributed by atoms with E-state index in [0.29, 0.717) is 5.41 Å². The monoisotopic (exact) mass is 273 g/mol. The van der Waals surface area contributed by atoms with Gasteiger partial charge < -0.3 is 10.1 Å². The Morgan fingerprint density at radius 2 is 2.00 bits per heavy atom. The van der Waals surface area contributed by atoms with Crippen molar-refractivity contribution in [3.05, 3.63) is 29.8 Å². The summed E-state index contributed by atoms with van der Waals surface area (Å²) in [5.74, 6) is 1.70. The second kappa shape index (κ2) is 5.40. The van der Waals surface area contributed by atoms with Gasteiger partial charge in [0.1, 0.15) is 5.75 Å². The fourth-order valence-electron chi connectivity index (χ4n) is 3.83. The highest BCUT2D eigenvalue weighted by Gasteiger charge is 2.36. The highest BCUT2D eigenvalue weighted by atomic mass is 16.5. The zero-order chi connectivity index (χ0) is 14.2. The predicted molar refractivity (Wildman–Crippen MR) is 83.3 cm³/mol. The zero-order valence-corrected chi connectivity index (χ0v) is 13.0. The van der Waals surface area contributed by atoms with E-state index in [9.17, 15) is 0 Å². The first-order chi connectivity index (χ1) is 9.55. The van der Waals surface area contributed by atoms with Crippen LogP contribution in [0.2, 0.25) is 0 Å². The third kappa shape index (κ3) is 3.01. The van der Waals surface area contributed by atoms with E-state index >= 15 is 0 Å². The summed E-state index contributed by atoms with van der Waals surface area (Å²) in [6.45, 7) is 4.79. The Morgan fingerprint density at radius 1 is 1.20 bits per heavy atom. The van der Waals surface area contributed by atoms with E-state index in [1.165, 1.54) is 37.7 Å². The smallest absolute Gasteiger partial charge is 0.119 e. The average molecular weight is 273 g/mol. The lowest BCUT2D eigenvalue weighted by atomic mass is 9.75. The molecule has 110 valence electrons. The van der Waals surface area contributed by atoms with Crippen molar-refractivity contribution >= 4 is 0 Å². The van der Waals surface area contributed by atoms with Gasteiger partial charge in [0, 0.05) is 12.1 Å². The number of benzene rings is 1. The quantitative estimate of drug-likeness (QED) is 0.891. The van der Waals surface area contributed by atoms with Crippen LogP contribution in [0.25, 0.3) is 0 Å². The molecule has 0 aliphatic heterocycles. The number of hydrogen-bond donors (Lipinski definition) is 1. The van der Waals surface area contributed by atoms with Crippen molar-refractivity contribution in [3.8, 4) is 5.75 Å². The second-order valence-corrected chi connectivity index (χ2v) is 7.41. The average Bonchev–Trinajstić information content (AvgIpc) is 2.73. The molecule has 2 heteroatoms. The summed E-state index contributed by atoms with van der Waals surface area (Å²) in [5, 5.41) is 3.87. The van der Waals surface area contributed by atoms with Crippen molar-refractivity contribution in [2.75, 3.05) is 7.11 Å². The largest absolute Gasteiger partial charge is 0.497 e. The first-order valence-corrected chi connectivity index (χ1v) is 7.96. The van der Waals surface area contributed by atoms with Crippen molar-refractivity contribution < 1.29 is 4.74 Å². The van der Waals surface area contributed by atoms with Crippen LogP contribution in [0.3, 0.4) is 0 Å². The van der Waals surface area contributed by atoms with Gasteiger partial charge in [0.15, 0.2) is 0 Å².